The van der Waals surface area contributed by atoms with Gasteiger partial charge in [0.2, 0.25) is 0 Å². The summed E-state index contributed by atoms with van der Waals surface area (Å²) in [6.07, 6.45) is 1.94. The minimum atomic E-state index is 0.641. The molecule has 0 amide bonds. The summed E-state index contributed by atoms with van der Waals surface area (Å²) in [5.74, 6) is 0.818. The number of nitrogens with zero attached hydrogens (tertiary/aromatic N) is 3. The van der Waals surface area contributed by atoms with Crippen LogP contribution in [0.1, 0.15) is 17.0 Å². The summed E-state index contributed by atoms with van der Waals surface area (Å²) in [4.78, 5) is 0. The minimum absolute atomic E-state index is 0.641. The molecule has 5 aromatic rings. The lowest BCUT2D eigenvalue weighted by molar-refractivity contribution is 0.388. The van der Waals surface area contributed by atoms with Gasteiger partial charge in [0.1, 0.15) is 5.76 Å². The topological polar surface area (TPSA) is 55.9 Å². The first-order valence-corrected chi connectivity index (χ1v) is 10.7. The average Bonchev–Trinajstić information content (AvgIpc) is 3.46. The van der Waals surface area contributed by atoms with Crippen LogP contribution in [0.15, 0.2) is 102 Å². The molecule has 1 N–H and O–H groups in total. The smallest absolute Gasteiger partial charge is 0.133 e. The lowest BCUT2D eigenvalue weighted by Crippen LogP contribution is -2.13. The van der Waals surface area contributed by atoms with Crippen LogP contribution in [0.4, 0.5) is 0 Å². The first-order valence-electron chi connectivity index (χ1n) is 10.7. The van der Waals surface area contributed by atoms with Crippen LogP contribution >= 0.6 is 0 Å². The summed E-state index contributed by atoms with van der Waals surface area (Å²) in [7, 11) is 0. The molecule has 5 heteroatoms. The van der Waals surface area contributed by atoms with Gasteiger partial charge in [-0.3, -0.25) is 0 Å². The fraction of sp³-hybridized carbons (Fsp3) is 0.111. The molecule has 3 aromatic carbocycles. The normalized spacial score (nSPS) is 11.0. The Hall–Kier alpha value is -3.96. The van der Waals surface area contributed by atoms with Crippen LogP contribution in [0.2, 0.25) is 0 Å². The lowest BCUT2D eigenvalue weighted by atomic mass is 10.0. The molecule has 5 nitrogen and oxygen atoms in total. The second-order valence-corrected chi connectivity index (χ2v) is 7.74. The van der Waals surface area contributed by atoms with Crippen LogP contribution in [-0.2, 0) is 13.1 Å². The van der Waals surface area contributed by atoms with Gasteiger partial charge in [-0.2, -0.15) is 5.10 Å². The van der Waals surface area contributed by atoms with Crippen molar-refractivity contribution in [3.8, 4) is 28.1 Å². The van der Waals surface area contributed by atoms with Gasteiger partial charge in [0, 0.05) is 30.3 Å². The maximum Gasteiger partial charge on any atom is 0.133 e. The highest BCUT2D eigenvalue weighted by Gasteiger charge is 2.14. The van der Waals surface area contributed by atoms with Gasteiger partial charge in [-0.15, -0.1) is 0 Å². The molecule has 158 valence electrons. The molecular weight excluding hydrogens is 396 g/mol. The van der Waals surface area contributed by atoms with E-state index in [4.69, 9.17) is 9.62 Å². The number of benzene rings is 3. The Labute approximate surface area is 187 Å². The van der Waals surface area contributed by atoms with Gasteiger partial charge in [-0.25, -0.2) is 4.68 Å². The van der Waals surface area contributed by atoms with E-state index in [0.717, 1.165) is 34.0 Å². The third-order valence-corrected chi connectivity index (χ3v) is 5.41. The highest BCUT2D eigenvalue weighted by atomic mass is 16.5. The van der Waals surface area contributed by atoms with Gasteiger partial charge in [-0.1, -0.05) is 78.0 Å². The first-order chi connectivity index (χ1) is 15.8. The number of hydrogen-bond donors (Lipinski definition) is 1. The Morgan fingerprint density at radius 2 is 1.44 bits per heavy atom. The van der Waals surface area contributed by atoms with E-state index < -0.39 is 0 Å². The zero-order valence-electron chi connectivity index (χ0n) is 17.9. The van der Waals surface area contributed by atoms with Crippen LogP contribution in [0, 0.1) is 6.92 Å². The third kappa shape index (κ3) is 4.24. The van der Waals surface area contributed by atoms with E-state index in [-0.39, 0.29) is 0 Å². The van der Waals surface area contributed by atoms with Crippen molar-refractivity contribution in [2.75, 3.05) is 0 Å². The van der Waals surface area contributed by atoms with E-state index >= 15 is 0 Å². The molecule has 0 unspecified atom stereocenters. The molecule has 32 heavy (non-hydrogen) atoms. The van der Waals surface area contributed by atoms with Crippen LogP contribution in [0.5, 0.6) is 0 Å². The average molecular weight is 421 g/mol. The molecule has 0 fully saturated rings. The van der Waals surface area contributed by atoms with Crippen molar-refractivity contribution in [1.29, 1.82) is 0 Å². The summed E-state index contributed by atoms with van der Waals surface area (Å²) in [6.45, 7) is 3.22. The summed E-state index contributed by atoms with van der Waals surface area (Å²) in [5, 5.41) is 12.3. The van der Waals surface area contributed by atoms with Crippen molar-refractivity contribution in [1.82, 2.24) is 20.3 Å². The quantitative estimate of drug-likeness (QED) is 0.362. The molecule has 0 aliphatic heterocycles. The van der Waals surface area contributed by atoms with E-state index in [0.29, 0.717) is 13.1 Å². The van der Waals surface area contributed by atoms with E-state index in [9.17, 15) is 0 Å². The second kappa shape index (κ2) is 9.04. The van der Waals surface area contributed by atoms with Crippen LogP contribution in [0.25, 0.3) is 28.1 Å². The molecular formula is C27H24N4O. The molecule has 5 rings (SSSR count). The Balaban J connectivity index is 1.44. The van der Waals surface area contributed by atoms with Gasteiger partial charge < -0.3 is 9.84 Å². The second-order valence-electron chi connectivity index (χ2n) is 7.74. The van der Waals surface area contributed by atoms with E-state index in [1.54, 1.807) is 0 Å². The van der Waals surface area contributed by atoms with Crippen LogP contribution < -0.4 is 5.32 Å². The highest BCUT2D eigenvalue weighted by Crippen LogP contribution is 2.28. The van der Waals surface area contributed by atoms with Crippen molar-refractivity contribution in [3.05, 3.63) is 114 Å². The standard InChI is InChI=1S/C27H24N4O/c1-20-16-25(30-32-20)19-28-17-24-18-29-31(27(24)23-10-6-3-7-11-23)26-14-12-22(13-15-26)21-8-4-2-5-9-21/h2-16,18,28H,17,19H2,1H3. The lowest BCUT2D eigenvalue weighted by Gasteiger charge is -2.11. The number of aryl methyl sites for hydroxylation is 1. The monoisotopic (exact) mass is 420 g/mol. The van der Waals surface area contributed by atoms with Gasteiger partial charge >= 0.3 is 0 Å². The molecule has 0 aliphatic rings. The molecule has 0 atom stereocenters. The molecule has 2 heterocycles. The Kier molecular flexibility index (Phi) is 5.64. The van der Waals surface area contributed by atoms with E-state index in [1.165, 1.54) is 11.1 Å². The van der Waals surface area contributed by atoms with Crippen LogP contribution in [-0.4, -0.2) is 14.9 Å². The molecule has 0 spiro atoms. The Morgan fingerprint density at radius 3 is 2.09 bits per heavy atom. The predicted octanol–water partition coefficient (Wildman–Crippen LogP) is 5.79. The number of nitrogens with one attached hydrogen (secondary N) is 1. The largest absolute Gasteiger partial charge is 0.361 e. The maximum absolute atomic E-state index is 5.16. The maximum atomic E-state index is 5.16. The van der Waals surface area contributed by atoms with Crippen molar-refractivity contribution in [2.24, 2.45) is 0 Å². The zero-order chi connectivity index (χ0) is 21.8. The van der Waals surface area contributed by atoms with Gasteiger partial charge in [-0.05, 0) is 30.2 Å². The zero-order valence-corrected chi connectivity index (χ0v) is 17.9. The summed E-state index contributed by atoms with van der Waals surface area (Å²) < 4.78 is 7.17. The first kappa shape index (κ1) is 20.0. The SMILES string of the molecule is Cc1cc(CNCc2cnn(-c3ccc(-c4ccccc4)cc3)c2-c2ccccc2)no1. The number of aromatic nitrogens is 3. The van der Waals surface area contributed by atoms with Crippen molar-refractivity contribution in [3.63, 3.8) is 0 Å². The third-order valence-electron chi connectivity index (χ3n) is 5.41. The predicted molar refractivity (Wildman–Crippen MR) is 126 cm³/mol. The molecule has 0 saturated heterocycles. The van der Waals surface area contributed by atoms with Gasteiger partial charge in [0.05, 0.1) is 23.3 Å². The van der Waals surface area contributed by atoms with Crippen molar-refractivity contribution >= 4 is 0 Å². The minimum Gasteiger partial charge on any atom is -0.361 e. The Bertz CT molecular complexity index is 1290. The van der Waals surface area contributed by atoms with E-state index in [1.807, 2.05) is 36.0 Å². The Morgan fingerprint density at radius 1 is 0.781 bits per heavy atom. The van der Waals surface area contributed by atoms with E-state index in [2.05, 4.69) is 83.3 Å². The molecule has 0 radical (unpaired) electrons. The van der Waals surface area contributed by atoms with Gasteiger partial charge in [0.25, 0.3) is 0 Å². The molecule has 2 aromatic heterocycles. The summed E-state index contributed by atoms with van der Waals surface area (Å²) in [6, 6.07) is 31.3. The summed E-state index contributed by atoms with van der Waals surface area (Å²) in [5.41, 5.74) is 7.66. The van der Waals surface area contributed by atoms with Gasteiger partial charge in [0.15, 0.2) is 0 Å². The fourth-order valence-corrected chi connectivity index (χ4v) is 3.86. The van der Waals surface area contributed by atoms with Crippen molar-refractivity contribution < 1.29 is 4.52 Å². The molecule has 0 saturated carbocycles. The molecule has 0 aliphatic carbocycles. The number of rotatable bonds is 7. The van der Waals surface area contributed by atoms with Crippen molar-refractivity contribution in [2.45, 2.75) is 20.0 Å². The number of hydrogen-bond acceptors (Lipinski definition) is 4. The molecule has 0 bridgehead atoms. The highest BCUT2D eigenvalue weighted by molar-refractivity contribution is 5.68. The fourth-order valence-electron chi connectivity index (χ4n) is 3.86. The van der Waals surface area contributed by atoms with Crippen LogP contribution in [0.3, 0.4) is 0 Å². The summed E-state index contributed by atoms with van der Waals surface area (Å²) >= 11 is 0.